The lowest BCUT2D eigenvalue weighted by atomic mass is 10.1. The number of carbonyl (C=O) groups excluding carboxylic acids is 1. The van der Waals surface area contributed by atoms with Crippen molar-refractivity contribution >= 4 is 17.5 Å². The molecule has 1 fully saturated rings. The van der Waals surface area contributed by atoms with Crippen LogP contribution in [0.25, 0.3) is 0 Å². The fourth-order valence-electron chi connectivity index (χ4n) is 2.24. The second kappa shape index (κ2) is 6.81. The Morgan fingerprint density at radius 1 is 1.40 bits per heavy atom. The molecular weight excluding hydrogens is 280 g/mol. The zero-order chi connectivity index (χ0) is 14.5. The SMILES string of the molecule is COc1cc(CNC2CCC(=O)NC2)cc(Cl)c1OC. The number of hydrogen-bond acceptors (Lipinski definition) is 4. The molecule has 1 amide bonds. The topological polar surface area (TPSA) is 59.6 Å². The second-order valence-electron chi connectivity index (χ2n) is 4.73. The first-order valence-corrected chi connectivity index (χ1v) is 6.92. The Kier molecular flexibility index (Phi) is 5.09. The highest BCUT2D eigenvalue weighted by Gasteiger charge is 2.17. The van der Waals surface area contributed by atoms with Gasteiger partial charge < -0.3 is 20.1 Å². The number of amides is 1. The largest absolute Gasteiger partial charge is 0.493 e. The number of carbonyl (C=O) groups is 1. The molecule has 110 valence electrons. The first-order chi connectivity index (χ1) is 9.63. The zero-order valence-corrected chi connectivity index (χ0v) is 12.4. The number of piperidine rings is 1. The molecule has 1 heterocycles. The van der Waals surface area contributed by atoms with E-state index in [-0.39, 0.29) is 5.91 Å². The van der Waals surface area contributed by atoms with Crippen LogP contribution >= 0.6 is 11.6 Å². The zero-order valence-electron chi connectivity index (χ0n) is 11.7. The van der Waals surface area contributed by atoms with Gasteiger partial charge in [0.2, 0.25) is 5.91 Å². The Bertz CT molecular complexity index is 484. The molecule has 1 atom stereocenters. The van der Waals surface area contributed by atoms with Crippen LogP contribution in [0.1, 0.15) is 18.4 Å². The van der Waals surface area contributed by atoms with E-state index in [4.69, 9.17) is 21.1 Å². The molecule has 0 aliphatic carbocycles. The third-order valence-electron chi connectivity index (χ3n) is 3.35. The highest BCUT2D eigenvalue weighted by atomic mass is 35.5. The van der Waals surface area contributed by atoms with Gasteiger partial charge in [0, 0.05) is 25.6 Å². The maximum atomic E-state index is 11.1. The molecule has 6 heteroatoms. The van der Waals surface area contributed by atoms with Gasteiger partial charge in [0.05, 0.1) is 19.2 Å². The second-order valence-corrected chi connectivity index (χ2v) is 5.14. The van der Waals surface area contributed by atoms with Crippen LogP contribution in [0, 0.1) is 0 Å². The fourth-order valence-corrected chi connectivity index (χ4v) is 2.55. The van der Waals surface area contributed by atoms with Gasteiger partial charge in [0.1, 0.15) is 0 Å². The average molecular weight is 299 g/mol. The van der Waals surface area contributed by atoms with E-state index in [1.807, 2.05) is 12.1 Å². The van der Waals surface area contributed by atoms with E-state index in [9.17, 15) is 4.79 Å². The molecular formula is C14H19ClN2O3. The minimum Gasteiger partial charge on any atom is -0.493 e. The summed E-state index contributed by atoms with van der Waals surface area (Å²) in [6, 6.07) is 4.05. The summed E-state index contributed by atoms with van der Waals surface area (Å²) in [7, 11) is 3.15. The minimum absolute atomic E-state index is 0.122. The lowest BCUT2D eigenvalue weighted by Crippen LogP contribution is -2.45. The van der Waals surface area contributed by atoms with Crippen molar-refractivity contribution in [3.8, 4) is 11.5 Å². The highest BCUT2D eigenvalue weighted by Crippen LogP contribution is 2.35. The van der Waals surface area contributed by atoms with Crippen LogP contribution in [0.3, 0.4) is 0 Å². The van der Waals surface area contributed by atoms with Crippen molar-refractivity contribution in [1.29, 1.82) is 0 Å². The molecule has 2 rings (SSSR count). The average Bonchev–Trinajstić information content (AvgIpc) is 2.46. The van der Waals surface area contributed by atoms with E-state index in [2.05, 4.69) is 10.6 Å². The normalized spacial score (nSPS) is 18.6. The Hall–Kier alpha value is -1.46. The van der Waals surface area contributed by atoms with E-state index in [1.165, 1.54) is 0 Å². The lowest BCUT2D eigenvalue weighted by Gasteiger charge is -2.23. The monoisotopic (exact) mass is 298 g/mol. The molecule has 1 unspecified atom stereocenters. The number of halogens is 1. The third kappa shape index (κ3) is 3.55. The molecule has 1 saturated heterocycles. The van der Waals surface area contributed by atoms with Crippen LogP contribution in [0.2, 0.25) is 5.02 Å². The predicted octanol–water partition coefficient (Wildman–Crippen LogP) is 1.73. The summed E-state index contributed by atoms with van der Waals surface area (Å²) < 4.78 is 10.5. The Morgan fingerprint density at radius 3 is 2.80 bits per heavy atom. The van der Waals surface area contributed by atoms with Gasteiger partial charge in [-0.1, -0.05) is 11.6 Å². The molecule has 2 N–H and O–H groups in total. The van der Waals surface area contributed by atoms with Crippen molar-refractivity contribution in [2.75, 3.05) is 20.8 Å². The van der Waals surface area contributed by atoms with Gasteiger partial charge in [0.25, 0.3) is 0 Å². The summed E-state index contributed by atoms with van der Waals surface area (Å²) in [5.41, 5.74) is 1.02. The van der Waals surface area contributed by atoms with Crippen molar-refractivity contribution in [2.45, 2.75) is 25.4 Å². The number of nitrogens with one attached hydrogen (secondary N) is 2. The number of ether oxygens (including phenoxy) is 2. The lowest BCUT2D eigenvalue weighted by molar-refractivity contribution is -0.122. The van der Waals surface area contributed by atoms with Crippen LogP contribution in [0.4, 0.5) is 0 Å². The molecule has 0 radical (unpaired) electrons. The van der Waals surface area contributed by atoms with E-state index in [0.717, 1.165) is 12.0 Å². The number of methoxy groups -OCH3 is 2. The molecule has 1 aromatic rings. The van der Waals surface area contributed by atoms with Gasteiger partial charge in [-0.3, -0.25) is 4.79 Å². The summed E-state index contributed by atoms with van der Waals surface area (Å²) in [6.45, 7) is 1.33. The molecule has 1 aliphatic rings. The van der Waals surface area contributed by atoms with Gasteiger partial charge in [-0.2, -0.15) is 0 Å². The Labute approximate surface area is 123 Å². The van der Waals surface area contributed by atoms with Crippen LogP contribution < -0.4 is 20.1 Å². The molecule has 1 aliphatic heterocycles. The number of hydrogen-bond donors (Lipinski definition) is 2. The number of rotatable bonds is 5. The molecule has 1 aromatic carbocycles. The molecule has 5 nitrogen and oxygen atoms in total. The van der Waals surface area contributed by atoms with Crippen LogP contribution in [0.15, 0.2) is 12.1 Å². The molecule has 0 spiro atoms. The van der Waals surface area contributed by atoms with E-state index in [1.54, 1.807) is 14.2 Å². The van der Waals surface area contributed by atoms with Gasteiger partial charge in [-0.05, 0) is 24.1 Å². The summed E-state index contributed by atoms with van der Waals surface area (Å²) >= 11 is 6.16. The third-order valence-corrected chi connectivity index (χ3v) is 3.63. The van der Waals surface area contributed by atoms with Crippen LogP contribution in [-0.4, -0.2) is 32.7 Å². The van der Waals surface area contributed by atoms with E-state index < -0.39 is 0 Å². The van der Waals surface area contributed by atoms with Crippen molar-refractivity contribution < 1.29 is 14.3 Å². The number of benzene rings is 1. The minimum atomic E-state index is 0.122. The van der Waals surface area contributed by atoms with Crippen molar-refractivity contribution in [3.63, 3.8) is 0 Å². The molecule has 0 bridgehead atoms. The van der Waals surface area contributed by atoms with Gasteiger partial charge in [-0.15, -0.1) is 0 Å². The smallest absolute Gasteiger partial charge is 0.220 e. The standard InChI is InChI=1S/C14H19ClN2O3/c1-19-12-6-9(5-11(15)14(12)20-2)7-16-10-3-4-13(18)17-8-10/h5-6,10,16H,3-4,7-8H2,1-2H3,(H,17,18). The maximum Gasteiger partial charge on any atom is 0.220 e. The predicted molar refractivity (Wildman–Crippen MR) is 77.4 cm³/mol. The van der Waals surface area contributed by atoms with Gasteiger partial charge >= 0.3 is 0 Å². The summed E-state index contributed by atoms with van der Waals surface area (Å²) in [4.78, 5) is 11.1. The van der Waals surface area contributed by atoms with E-state index in [0.29, 0.717) is 42.1 Å². The van der Waals surface area contributed by atoms with E-state index >= 15 is 0 Å². The first kappa shape index (κ1) is 14.9. The van der Waals surface area contributed by atoms with Crippen molar-refractivity contribution in [3.05, 3.63) is 22.7 Å². The summed E-state index contributed by atoms with van der Waals surface area (Å²) in [5, 5.41) is 6.78. The molecule has 0 aromatic heterocycles. The van der Waals surface area contributed by atoms with Gasteiger partial charge in [0.15, 0.2) is 11.5 Å². The van der Waals surface area contributed by atoms with Gasteiger partial charge in [-0.25, -0.2) is 0 Å². The Morgan fingerprint density at radius 2 is 2.20 bits per heavy atom. The fraction of sp³-hybridized carbons (Fsp3) is 0.500. The maximum absolute atomic E-state index is 11.1. The van der Waals surface area contributed by atoms with Crippen molar-refractivity contribution in [2.24, 2.45) is 0 Å². The Balaban J connectivity index is 1.99. The summed E-state index contributed by atoms with van der Waals surface area (Å²) in [5.74, 6) is 1.29. The quantitative estimate of drug-likeness (QED) is 0.869. The molecule has 0 saturated carbocycles. The first-order valence-electron chi connectivity index (χ1n) is 6.54. The van der Waals surface area contributed by atoms with Crippen LogP contribution in [-0.2, 0) is 11.3 Å². The summed E-state index contributed by atoms with van der Waals surface area (Å²) in [6.07, 6.45) is 1.43. The van der Waals surface area contributed by atoms with Crippen LogP contribution in [0.5, 0.6) is 11.5 Å². The van der Waals surface area contributed by atoms with Crippen molar-refractivity contribution in [1.82, 2.24) is 10.6 Å². The molecule has 20 heavy (non-hydrogen) atoms. The highest BCUT2D eigenvalue weighted by molar-refractivity contribution is 6.32.